The Balaban J connectivity index is 1.35. The number of carbonyl (C=O) groups excluding carboxylic acids is 3. The molecule has 0 unspecified atom stereocenters. The van der Waals surface area contributed by atoms with Crippen LogP contribution in [0.15, 0.2) is 30.3 Å². The number of benzene rings is 1. The fourth-order valence-corrected chi connectivity index (χ4v) is 4.00. The molecule has 2 aliphatic heterocycles. The Morgan fingerprint density at radius 2 is 1.53 bits per heavy atom. The summed E-state index contributed by atoms with van der Waals surface area (Å²) < 4.78 is 11.0. The van der Waals surface area contributed by atoms with E-state index in [1.54, 1.807) is 9.80 Å². The Morgan fingerprint density at radius 3 is 2.12 bits per heavy atom. The minimum absolute atomic E-state index is 0.0110. The van der Waals surface area contributed by atoms with E-state index in [0.717, 1.165) is 12.8 Å². The van der Waals surface area contributed by atoms with Gasteiger partial charge in [-0.15, -0.1) is 0 Å². The number of carbonyl (C=O) groups is 3. The van der Waals surface area contributed by atoms with Gasteiger partial charge in [0.25, 0.3) is 5.91 Å². The third kappa shape index (κ3) is 7.14. The second-order valence-electron chi connectivity index (χ2n) is 9.51. The van der Waals surface area contributed by atoms with Gasteiger partial charge in [0.2, 0.25) is 5.91 Å². The van der Waals surface area contributed by atoms with E-state index < -0.39 is 5.60 Å². The van der Waals surface area contributed by atoms with Crippen molar-refractivity contribution in [1.82, 2.24) is 15.1 Å². The van der Waals surface area contributed by atoms with Crippen LogP contribution >= 0.6 is 0 Å². The van der Waals surface area contributed by atoms with Crippen molar-refractivity contribution in [2.75, 3.05) is 32.8 Å². The van der Waals surface area contributed by atoms with Gasteiger partial charge in [-0.3, -0.25) is 9.59 Å². The van der Waals surface area contributed by atoms with Crippen LogP contribution in [0.1, 0.15) is 46.5 Å². The highest BCUT2D eigenvalue weighted by Gasteiger charge is 2.31. The first kappa shape index (κ1) is 23.9. The molecule has 0 radical (unpaired) electrons. The van der Waals surface area contributed by atoms with Gasteiger partial charge in [-0.1, -0.05) is 18.2 Å². The smallest absolute Gasteiger partial charge is 0.410 e. The lowest BCUT2D eigenvalue weighted by Gasteiger charge is -2.35. The van der Waals surface area contributed by atoms with Crippen LogP contribution in [-0.2, 0) is 14.3 Å². The highest BCUT2D eigenvalue weighted by molar-refractivity contribution is 5.81. The number of hydrogen-bond donors (Lipinski definition) is 1. The third-order valence-corrected chi connectivity index (χ3v) is 5.82. The molecule has 2 heterocycles. The molecule has 0 spiro atoms. The molecule has 3 rings (SSSR count). The van der Waals surface area contributed by atoms with Gasteiger partial charge < -0.3 is 24.6 Å². The Hall–Kier alpha value is -2.77. The summed E-state index contributed by atoms with van der Waals surface area (Å²) in [4.78, 5) is 40.8. The first-order valence-electron chi connectivity index (χ1n) is 11.5. The van der Waals surface area contributed by atoms with Crippen LogP contribution in [0, 0.1) is 5.92 Å². The molecule has 1 aromatic rings. The van der Waals surface area contributed by atoms with E-state index in [2.05, 4.69) is 5.32 Å². The number of piperidine rings is 2. The number of ether oxygens (including phenoxy) is 2. The number of amides is 3. The largest absolute Gasteiger partial charge is 0.484 e. The molecule has 32 heavy (non-hydrogen) atoms. The number of likely N-dealkylation sites (tertiary alicyclic amines) is 2. The molecule has 2 saturated heterocycles. The van der Waals surface area contributed by atoms with Gasteiger partial charge in [0.05, 0.1) is 0 Å². The highest BCUT2D eigenvalue weighted by atomic mass is 16.6. The lowest BCUT2D eigenvalue weighted by molar-refractivity contribution is -0.137. The lowest BCUT2D eigenvalue weighted by Crippen LogP contribution is -2.50. The summed E-state index contributed by atoms with van der Waals surface area (Å²) >= 11 is 0. The zero-order valence-electron chi connectivity index (χ0n) is 19.3. The van der Waals surface area contributed by atoms with Gasteiger partial charge in [-0.05, 0) is 58.6 Å². The van der Waals surface area contributed by atoms with Crippen LogP contribution in [0.5, 0.6) is 5.75 Å². The fraction of sp³-hybridized carbons (Fsp3) is 0.625. The molecule has 0 saturated carbocycles. The Labute approximate surface area is 190 Å². The van der Waals surface area contributed by atoms with Gasteiger partial charge in [-0.2, -0.15) is 0 Å². The maximum absolute atomic E-state index is 12.7. The van der Waals surface area contributed by atoms with Gasteiger partial charge in [0, 0.05) is 38.1 Å². The Bertz CT molecular complexity index is 777. The standard InChI is InChI=1S/C24H35N3O5/c1-24(2,3)32-23(30)27-15-11-19(12-16-27)25-22(29)18-9-13-26(14-10-18)21(28)17-31-20-7-5-4-6-8-20/h4-8,18-19H,9-17H2,1-3H3,(H,25,29). The van der Waals surface area contributed by atoms with Crippen molar-refractivity contribution >= 4 is 17.9 Å². The van der Waals surface area contributed by atoms with E-state index in [4.69, 9.17) is 9.47 Å². The summed E-state index contributed by atoms with van der Waals surface area (Å²) in [5.74, 6) is 0.585. The van der Waals surface area contributed by atoms with Crippen molar-refractivity contribution in [2.45, 2.75) is 58.1 Å². The molecule has 176 valence electrons. The van der Waals surface area contributed by atoms with Crippen molar-refractivity contribution < 1.29 is 23.9 Å². The number of nitrogens with zero attached hydrogens (tertiary/aromatic N) is 2. The molecule has 1 N–H and O–H groups in total. The molecule has 2 fully saturated rings. The molecule has 3 amide bonds. The molecule has 8 heteroatoms. The van der Waals surface area contributed by atoms with Crippen molar-refractivity contribution in [3.63, 3.8) is 0 Å². The lowest BCUT2D eigenvalue weighted by atomic mass is 9.94. The number of hydrogen-bond acceptors (Lipinski definition) is 5. The highest BCUT2D eigenvalue weighted by Crippen LogP contribution is 2.20. The second-order valence-corrected chi connectivity index (χ2v) is 9.51. The van der Waals surface area contributed by atoms with Crippen molar-refractivity contribution in [2.24, 2.45) is 5.92 Å². The van der Waals surface area contributed by atoms with E-state index in [9.17, 15) is 14.4 Å². The van der Waals surface area contributed by atoms with Crippen LogP contribution in [0.4, 0.5) is 4.79 Å². The summed E-state index contributed by atoms with van der Waals surface area (Å²) in [6.45, 7) is 7.85. The maximum Gasteiger partial charge on any atom is 0.410 e. The average Bonchev–Trinajstić information content (AvgIpc) is 2.77. The molecule has 1 aromatic carbocycles. The quantitative estimate of drug-likeness (QED) is 0.753. The zero-order chi connectivity index (χ0) is 23.1. The average molecular weight is 446 g/mol. The first-order chi connectivity index (χ1) is 15.2. The zero-order valence-corrected chi connectivity index (χ0v) is 19.3. The predicted molar refractivity (Wildman–Crippen MR) is 120 cm³/mol. The summed E-state index contributed by atoms with van der Waals surface area (Å²) in [7, 11) is 0. The van der Waals surface area contributed by atoms with E-state index in [1.807, 2.05) is 51.1 Å². The van der Waals surface area contributed by atoms with E-state index in [0.29, 0.717) is 44.8 Å². The van der Waals surface area contributed by atoms with E-state index in [1.165, 1.54) is 0 Å². The Kier molecular flexibility index (Phi) is 7.99. The molecule has 2 aliphatic rings. The van der Waals surface area contributed by atoms with Crippen LogP contribution < -0.4 is 10.1 Å². The molecule has 0 bridgehead atoms. The monoisotopic (exact) mass is 445 g/mol. The minimum atomic E-state index is -0.508. The maximum atomic E-state index is 12.7. The normalized spacial score (nSPS) is 18.2. The van der Waals surface area contributed by atoms with Gasteiger partial charge in [0.15, 0.2) is 6.61 Å². The van der Waals surface area contributed by atoms with Gasteiger partial charge in [0.1, 0.15) is 11.4 Å². The first-order valence-corrected chi connectivity index (χ1v) is 11.5. The van der Waals surface area contributed by atoms with Crippen LogP contribution in [0.3, 0.4) is 0 Å². The van der Waals surface area contributed by atoms with Crippen LogP contribution in [-0.4, -0.2) is 72.1 Å². The van der Waals surface area contributed by atoms with E-state index in [-0.39, 0.29) is 36.5 Å². The summed E-state index contributed by atoms with van der Waals surface area (Å²) in [5.41, 5.74) is -0.508. The Morgan fingerprint density at radius 1 is 0.938 bits per heavy atom. The van der Waals surface area contributed by atoms with E-state index >= 15 is 0 Å². The predicted octanol–water partition coefficient (Wildman–Crippen LogP) is 2.82. The fourth-order valence-electron chi connectivity index (χ4n) is 4.00. The molecule has 0 atom stereocenters. The minimum Gasteiger partial charge on any atom is -0.484 e. The number of para-hydroxylation sites is 1. The van der Waals surface area contributed by atoms with Gasteiger partial charge >= 0.3 is 6.09 Å². The molecule has 0 aliphatic carbocycles. The molecule has 8 nitrogen and oxygen atoms in total. The van der Waals surface area contributed by atoms with Crippen molar-refractivity contribution in [1.29, 1.82) is 0 Å². The SMILES string of the molecule is CC(C)(C)OC(=O)N1CCC(NC(=O)C2CCN(C(=O)COc3ccccc3)CC2)CC1. The summed E-state index contributed by atoms with van der Waals surface area (Å²) in [6, 6.07) is 9.34. The van der Waals surface area contributed by atoms with Crippen molar-refractivity contribution in [3.8, 4) is 5.75 Å². The van der Waals surface area contributed by atoms with Crippen LogP contribution in [0.2, 0.25) is 0 Å². The summed E-state index contributed by atoms with van der Waals surface area (Å²) in [5, 5.41) is 3.14. The summed E-state index contributed by atoms with van der Waals surface area (Å²) in [6.07, 6.45) is 2.45. The molecular formula is C24H35N3O5. The number of rotatable bonds is 5. The number of nitrogens with one attached hydrogen (secondary N) is 1. The van der Waals surface area contributed by atoms with Gasteiger partial charge in [-0.25, -0.2) is 4.79 Å². The molecular weight excluding hydrogens is 410 g/mol. The molecule has 0 aromatic heterocycles. The topological polar surface area (TPSA) is 88.2 Å². The second kappa shape index (κ2) is 10.7. The van der Waals surface area contributed by atoms with Crippen LogP contribution in [0.25, 0.3) is 0 Å². The third-order valence-electron chi connectivity index (χ3n) is 5.82. The van der Waals surface area contributed by atoms with Crippen molar-refractivity contribution in [3.05, 3.63) is 30.3 Å².